The molecule has 0 spiro atoms. The van der Waals surface area contributed by atoms with Crippen LogP contribution in [0.5, 0.6) is 0 Å². The van der Waals surface area contributed by atoms with Crippen molar-refractivity contribution in [2.75, 3.05) is 37.6 Å². The number of fused-ring (bicyclic) bond motifs is 2. The number of rotatable bonds is 8. The van der Waals surface area contributed by atoms with Gasteiger partial charge in [-0.1, -0.05) is 13.3 Å². The van der Waals surface area contributed by atoms with Gasteiger partial charge in [0.25, 0.3) is 0 Å². The molecular formula is C23H30F3N9OS. The van der Waals surface area contributed by atoms with Gasteiger partial charge in [-0.05, 0) is 25.5 Å². The van der Waals surface area contributed by atoms with E-state index >= 15 is 0 Å². The van der Waals surface area contributed by atoms with Gasteiger partial charge in [-0.25, -0.2) is 9.97 Å². The van der Waals surface area contributed by atoms with Gasteiger partial charge in [0.2, 0.25) is 11.7 Å². The largest absolute Gasteiger partial charge is 0.451 e. The number of nitrogens with one attached hydrogen (secondary N) is 1. The Balaban J connectivity index is 1.40. The van der Waals surface area contributed by atoms with Gasteiger partial charge in [0, 0.05) is 37.6 Å². The van der Waals surface area contributed by atoms with Crippen molar-refractivity contribution in [1.82, 2.24) is 34.9 Å². The summed E-state index contributed by atoms with van der Waals surface area (Å²) in [5.74, 6) is 0.570. The Bertz CT molecular complexity index is 1270. The van der Waals surface area contributed by atoms with Crippen molar-refractivity contribution < 1.29 is 18.0 Å². The van der Waals surface area contributed by atoms with E-state index in [9.17, 15) is 18.0 Å². The maximum absolute atomic E-state index is 13.3. The normalized spacial score (nSPS) is 18.5. The standard InChI is InChI=1S/C23H30F3N9OS/c1-2-3-15-10-16-19(34-8-9-35-18(13-34)31-32-22(35)23(24,25)26)29-17(30-21(16)37-15)12-33-7-4-14(11-33)20(36)28-6-5-27/h10,14H,2-9,11-13,27H2,1H3,(H,28,36)/t14-/m0/s1. The summed E-state index contributed by atoms with van der Waals surface area (Å²) in [5, 5.41) is 11.0. The summed E-state index contributed by atoms with van der Waals surface area (Å²) in [7, 11) is 0. The SMILES string of the molecule is CCCc1cc2c(N3CCn4c(nnc4C(F)(F)F)C3)nc(CN3CC[C@H](C(=O)NCCN)C3)nc2s1. The Morgan fingerprint density at radius 3 is 2.84 bits per heavy atom. The van der Waals surface area contributed by atoms with E-state index < -0.39 is 12.0 Å². The second-order valence-electron chi connectivity index (χ2n) is 9.46. The number of hydrogen-bond acceptors (Lipinski definition) is 9. The number of hydrogen-bond donors (Lipinski definition) is 2. The predicted molar refractivity (Wildman–Crippen MR) is 133 cm³/mol. The number of carbonyl (C=O) groups is 1. The molecular weight excluding hydrogens is 507 g/mol. The van der Waals surface area contributed by atoms with Gasteiger partial charge >= 0.3 is 6.18 Å². The Morgan fingerprint density at radius 2 is 2.08 bits per heavy atom. The minimum atomic E-state index is -4.54. The Labute approximate surface area is 216 Å². The number of aryl methyl sites for hydroxylation is 1. The van der Waals surface area contributed by atoms with Crippen LogP contribution in [0.2, 0.25) is 0 Å². The molecule has 3 aromatic heterocycles. The number of halogens is 3. The van der Waals surface area contributed by atoms with Gasteiger partial charge in [0.15, 0.2) is 5.82 Å². The van der Waals surface area contributed by atoms with Crippen LogP contribution in [0.4, 0.5) is 19.0 Å². The number of anilines is 1. The van der Waals surface area contributed by atoms with E-state index in [-0.39, 0.29) is 30.7 Å². The van der Waals surface area contributed by atoms with E-state index in [1.807, 2.05) is 4.90 Å². The van der Waals surface area contributed by atoms with Crippen LogP contribution in [0.1, 0.15) is 42.1 Å². The third-order valence-corrected chi connectivity index (χ3v) is 7.81. The van der Waals surface area contributed by atoms with Gasteiger partial charge in [-0.2, -0.15) is 13.2 Å². The molecule has 14 heteroatoms. The highest BCUT2D eigenvalue weighted by Crippen LogP contribution is 2.35. The Morgan fingerprint density at radius 1 is 1.24 bits per heavy atom. The van der Waals surface area contributed by atoms with E-state index in [2.05, 4.69) is 33.4 Å². The van der Waals surface area contributed by atoms with Crippen molar-refractivity contribution in [1.29, 1.82) is 0 Å². The van der Waals surface area contributed by atoms with Crippen LogP contribution in [0, 0.1) is 5.92 Å². The van der Waals surface area contributed by atoms with Gasteiger partial charge in [-0.3, -0.25) is 9.69 Å². The number of likely N-dealkylation sites (tertiary alicyclic amines) is 1. The zero-order chi connectivity index (χ0) is 26.2. The molecule has 1 atom stereocenters. The van der Waals surface area contributed by atoms with E-state index in [1.54, 1.807) is 11.3 Å². The Kier molecular flexibility index (Phi) is 7.32. The number of alkyl halides is 3. The molecule has 0 aliphatic carbocycles. The number of nitrogens with two attached hydrogens (primary N) is 1. The van der Waals surface area contributed by atoms with Gasteiger partial charge < -0.3 is 20.5 Å². The molecule has 0 aromatic carbocycles. The predicted octanol–water partition coefficient (Wildman–Crippen LogP) is 2.17. The maximum atomic E-state index is 13.3. The summed E-state index contributed by atoms with van der Waals surface area (Å²) < 4.78 is 41.1. The molecule has 0 saturated carbocycles. The number of amides is 1. The molecule has 3 aromatic rings. The molecule has 0 bridgehead atoms. The lowest BCUT2D eigenvalue weighted by molar-refractivity contribution is -0.147. The molecule has 1 saturated heterocycles. The first-order valence-corrected chi connectivity index (χ1v) is 13.3. The molecule has 1 amide bonds. The lowest BCUT2D eigenvalue weighted by Crippen LogP contribution is -2.36. The zero-order valence-electron chi connectivity index (χ0n) is 20.6. The van der Waals surface area contributed by atoms with E-state index in [1.165, 1.54) is 4.88 Å². The fourth-order valence-electron chi connectivity index (χ4n) is 4.96. The molecule has 0 unspecified atom stereocenters. The van der Waals surface area contributed by atoms with E-state index in [4.69, 9.17) is 15.7 Å². The first kappa shape index (κ1) is 25.8. The van der Waals surface area contributed by atoms with Crippen molar-refractivity contribution in [2.24, 2.45) is 11.7 Å². The molecule has 37 heavy (non-hydrogen) atoms. The van der Waals surface area contributed by atoms with Crippen LogP contribution in [-0.4, -0.2) is 68.3 Å². The molecule has 2 aliphatic heterocycles. The zero-order valence-corrected chi connectivity index (χ0v) is 21.4. The molecule has 0 radical (unpaired) electrons. The number of carbonyl (C=O) groups excluding carboxylic acids is 1. The first-order chi connectivity index (χ1) is 17.8. The first-order valence-electron chi connectivity index (χ1n) is 12.5. The van der Waals surface area contributed by atoms with Crippen molar-refractivity contribution in [3.63, 3.8) is 0 Å². The van der Waals surface area contributed by atoms with E-state index in [0.29, 0.717) is 44.4 Å². The highest BCUT2D eigenvalue weighted by Gasteiger charge is 2.40. The molecule has 10 nitrogen and oxygen atoms in total. The van der Waals surface area contributed by atoms with Crippen LogP contribution in [0.15, 0.2) is 6.07 Å². The summed E-state index contributed by atoms with van der Waals surface area (Å²) in [4.78, 5) is 28.3. The fraction of sp³-hybridized carbons (Fsp3) is 0.609. The molecule has 200 valence electrons. The topological polar surface area (TPSA) is 118 Å². The van der Waals surface area contributed by atoms with Crippen LogP contribution in [0.25, 0.3) is 10.2 Å². The fourth-order valence-corrected chi connectivity index (χ4v) is 6.10. The maximum Gasteiger partial charge on any atom is 0.451 e. The van der Waals surface area contributed by atoms with Crippen molar-refractivity contribution >= 4 is 33.3 Å². The summed E-state index contributed by atoms with van der Waals surface area (Å²) >= 11 is 1.63. The minimum Gasteiger partial charge on any atom is -0.355 e. The number of aromatic nitrogens is 5. The summed E-state index contributed by atoms with van der Waals surface area (Å²) in [6.45, 7) is 5.51. The average molecular weight is 538 g/mol. The van der Waals surface area contributed by atoms with Gasteiger partial charge in [0.1, 0.15) is 16.5 Å². The Hall–Kier alpha value is -2.84. The van der Waals surface area contributed by atoms with Gasteiger partial charge in [0.05, 0.1) is 24.4 Å². The molecule has 3 N–H and O–H groups in total. The van der Waals surface area contributed by atoms with Crippen LogP contribution < -0.4 is 16.0 Å². The van der Waals surface area contributed by atoms with Crippen molar-refractivity contribution in [2.45, 2.75) is 52.0 Å². The quantitative estimate of drug-likeness (QED) is 0.449. The number of thiophene rings is 1. The summed E-state index contributed by atoms with van der Waals surface area (Å²) in [6.07, 6.45) is -1.86. The number of nitrogens with zero attached hydrogens (tertiary/aromatic N) is 7. The monoisotopic (exact) mass is 537 g/mol. The minimum absolute atomic E-state index is 0.0168. The van der Waals surface area contributed by atoms with Crippen molar-refractivity contribution in [3.05, 3.63) is 28.4 Å². The van der Waals surface area contributed by atoms with Crippen LogP contribution in [0.3, 0.4) is 0 Å². The van der Waals surface area contributed by atoms with Crippen LogP contribution >= 0.6 is 11.3 Å². The van der Waals surface area contributed by atoms with Crippen LogP contribution in [-0.2, 0) is 37.0 Å². The van der Waals surface area contributed by atoms with Gasteiger partial charge in [-0.15, -0.1) is 21.5 Å². The third kappa shape index (κ3) is 5.41. The smallest absolute Gasteiger partial charge is 0.355 e. The average Bonchev–Trinajstić information content (AvgIpc) is 3.59. The van der Waals surface area contributed by atoms with E-state index in [0.717, 1.165) is 40.6 Å². The molecule has 1 fully saturated rings. The highest BCUT2D eigenvalue weighted by molar-refractivity contribution is 7.18. The lowest BCUT2D eigenvalue weighted by Gasteiger charge is -2.29. The summed E-state index contributed by atoms with van der Waals surface area (Å²) in [6, 6.07) is 2.09. The summed E-state index contributed by atoms with van der Waals surface area (Å²) in [5.41, 5.74) is 5.49. The van der Waals surface area contributed by atoms with Crippen molar-refractivity contribution in [3.8, 4) is 0 Å². The molecule has 5 heterocycles. The highest BCUT2D eigenvalue weighted by atomic mass is 32.1. The molecule has 2 aliphatic rings. The lowest BCUT2D eigenvalue weighted by atomic mass is 10.1. The molecule has 5 rings (SSSR count). The second kappa shape index (κ2) is 10.5. The third-order valence-electron chi connectivity index (χ3n) is 6.72. The second-order valence-corrected chi connectivity index (χ2v) is 10.6.